The molecule has 366 valence electrons. The number of azo groups is 1. The summed E-state index contributed by atoms with van der Waals surface area (Å²) in [6, 6.07) is 20.6. The lowest BCUT2D eigenvalue weighted by atomic mass is 9.93. The second-order valence-electron chi connectivity index (χ2n) is 15.8. The van der Waals surface area contributed by atoms with Crippen LogP contribution in [0.4, 0.5) is 17.1 Å². The Hall–Kier alpha value is -7.76. The normalized spacial score (nSPS) is 13.7. The van der Waals surface area contributed by atoms with Crippen LogP contribution < -0.4 is 19.5 Å². The lowest BCUT2D eigenvalue weighted by Crippen LogP contribution is -2.32. The first kappa shape index (κ1) is 49.7. The van der Waals surface area contributed by atoms with Gasteiger partial charge in [-0.15, -0.1) is 10.2 Å². The average Bonchev–Trinajstić information content (AvgIpc) is 3.73. The van der Waals surface area contributed by atoms with Gasteiger partial charge in [-0.05, 0) is 59.7 Å². The molecule has 0 bridgehead atoms. The monoisotopic (exact) mass is 1020 g/mol. The third-order valence-electron chi connectivity index (χ3n) is 11.9. The van der Waals surface area contributed by atoms with Gasteiger partial charge in [0.2, 0.25) is 10.0 Å². The van der Waals surface area contributed by atoms with Crippen LogP contribution in [0.5, 0.6) is 23.0 Å². The fraction of sp³-hybridized carbons (Fsp3) is 0.188. The number of methoxy groups -OCH3 is 3. The number of halogens is 1. The van der Waals surface area contributed by atoms with Crippen molar-refractivity contribution in [1.29, 1.82) is 0 Å². The maximum atomic E-state index is 14.8. The molecule has 0 fully saturated rings. The van der Waals surface area contributed by atoms with Crippen LogP contribution in [-0.4, -0.2) is 105 Å². The number of nitrogens with zero attached hydrogens (tertiary/aromatic N) is 5. The molecule has 3 N–H and O–H groups in total. The number of hydrogen-bond acceptors (Lipinski definition) is 15. The van der Waals surface area contributed by atoms with E-state index in [2.05, 4.69) is 15.5 Å². The van der Waals surface area contributed by atoms with Crippen LogP contribution in [0.25, 0.3) is 10.8 Å². The lowest BCUT2D eigenvalue weighted by Gasteiger charge is -2.24. The van der Waals surface area contributed by atoms with E-state index in [-0.39, 0.29) is 90.4 Å². The van der Waals surface area contributed by atoms with Gasteiger partial charge in [0.15, 0.2) is 5.75 Å². The van der Waals surface area contributed by atoms with Crippen molar-refractivity contribution < 1.29 is 64.7 Å². The number of carbonyl (C=O) groups excluding carboxylic acids is 5. The minimum atomic E-state index is -5.73. The van der Waals surface area contributed by atoms with Gasteiger partial charge >= 0.3 is 0 Å². The number of rotatable bonds is 16. The summed E-state index contributed by atoms with van der Waals surface area (Å²) in [7, 11) is -6.00. The van der Waals surface area contributed by atoms with Crippen LogP contribution in [0, 0.1) is 0 Å². The largest absolute Gasteiger partial charge is 0.505 e. The van der Waals surface area contributed by atoms with Gasteiger partial charge in [-0.3, -0.25) is 38.3 Å². The van der Waals surface area contributed by atoms with Gasteiger partial charge in [0.05, 0.1) is 72.3 Å². The van der Waals surface area contributed by atoms with E-state index >= 15 is 0 Å². The summed E-state index contributed by atoms with van der Waals surface area (Å²) in [6.45, 7) is 2.12. The summed E-state index contributed by atoms with van der Waals surface area (Å²) < 4.78 is 84.0. The van der Waals surface area contributed by atoms with Crippen LogP contribution in [0.2, 0.25) is 5.02 Å². The smallest absolute Gasteiger partial charge is 0.296 e. The molecule has 8 rings (SSSR count). The summed E-state index contributed by atoms with van der Waals surface area (Å²) in [4.78, 5) is 70.7. The molecule has 2 aliphatic heterocycles. The Morgan fingerprint density at radius 1 is 0.704 bits per heavy atom. The topological polar surface area (TPSA) is 268 Å². The second kappa shape index (κ2) is 19.2. The number of benzene rings is 6. The molecule has 2 aliphatic rings. The molecule has 0 spiro atoms. The molecule has 0 aliphatic carbocycles. The third-order valence-corrected chi connectivity index (χ3v) is 15.2. The molecule has 2 heterocycles. The highest BCUT2D eigenvalue weighted by atomic mass is 35.5. The van der Waals surface area contributed by atoms with E-state index < -0.39 is 90.0 Å². The molecular formula is C48H41ClN6O14S2. The molecule has 0 saturated heterocycles. The Morgan fingerprint density at radius 3 is 1.75 bits per heavy atom. The number of nitrogens with one attached hydrogen (secondary N) is 1. The molecule has 0 radical (unpaired) electrons. The number of anilines is 1. The zero-order valence-electron chi connectivity index (χ0n) is 38.2. The number of carbonyl (C=O) groups is 5. The fourth-order valence-electron chi connectivity index (χ4n) is 8.49. The van der Waals surface area contributed by atoms with Crippen molar-refractivity contribution in [1.82, 2.24) is 14.1 Å². The van der Waals surface area contributed by atoms with Crippen molar-refractivity contribution in [2.24, 2.45) is 10.2 Å². The van der Waals surface area contributed by atoms with E-state index in [9.17, 15) is 50.5 Å². The number of imide groups is 2. The van der Waals surface area contributed by atoms with Gasteiger partial charge in [-0.2, -0.15) is 12.7 Å². The first-order valence-electron chi connectivity index (χ1n) is 21.3. The first-order chi connectivity index (χ1) is 33.8. The molecule has 0 aromatic heterocycles. The number of phenols is 1. The molecule has 0 saturated carbocycles. The number of sulfonamides is 1. The lowest BCUT2D eigenvalue weighted by molar-refractivity contribution is 0.0617. The summed E-state index contributed by atoms with van der Waals surface area (Å²) >= 11 is 6.41. The van der Waals surface area contributed by atoms with Gasteiger partial charge in [-0.25, -0.2) is 8.42 Å². The molecule has 0 atom stereocenters. The zero-order valence-corrected chi connectivity index (χ0v) is 40.6. The highest BCUT2D eigenvalue weighted by Gasteiger charge is 2.40. The molecule has 6 aromatic carbocycles. The van der Waals surface area contributed by atoms with Crippen molar-refractivity contribution in [2.45, 2.75) is 36.7 Å². The van der Waals surface area contributed by atoms with Gasteiger partial charge in [0, 0.05) is 29.9 Å². The van der Waals surface area contributed by atoms with Crippen molar-refractivity contribution >= 4 is 89.1 Å². The fourth-order valence-corrected chi connectivity index (χ4v) is 11.1. The van der Waals surface area contributed by atoms with E-state index in [0.29, 0.717) is 0 Å². The predicted octanol–water partition coefficient (Wildman–Crippen LogP) is 7.76. The quantitative estimate of drug-likeness (QED) is 0.0475. The SMILES string of the molecule is CCN(CC)S(=O)(=O)c1ccc(OC)c(N=Nc2c(O)c(C(=O)Nc3cc(Cl)c(OC)cc3OC)c(S(=O)(=O)O)c3c(CN4C(=O)c5ccccc5C4=O)c(CN4C(=O)c5ccccc5C4=O)ccc23)c1. The van der Waals surface area contributed by atoms with Crippen molar-refractivity contribution in [3.63, 3.8) is 0 Å². The Labute approximate surface area is 410 Å². The first-order valence-corrected chi connectivity index (χ1v) is 24.6. The van der Waals surface area contributed by atoms with Crippen molar-refractivity contribution in [3.8, 4) is 23.0 Å². The molecule has 71 heavy (non-hydrogen) atoms. The Bertz CT molecular complexity index is 3480. The van der Waals surface area contributed by atoms with Crippen molar-refractivity contribution in [3.05, 3.63) is 135 Å². The number of amides is 5. The summed E-state index contributed by atoms with van der Waals surface area (Å²) in [6.07, 6.45) is 0. The van der Waals surface area contributed by atoms with Gasteiger partial charge in [0.25, 0.3) is 39.7 Å². The number of fused-ring (bicyclic) bond motifs is 3. The highest BCUT2D eigenvalue weighted by molar-refractivity contribution is 7.89. The molecule has 5 amide bonds. The third kappa shape index (κ3) is 8.69. The Morgan fingerprint density at radius 2 is 1.24 bits per heavy atom. The Kier molecular flexibility index (Phi) is 13.4. The van der Waals surface area contributed by atoms with E-state index in [0.717, 1.165) is 15.9 Å². The number of hydrogen-bond donors (Lipinski definition) is 3. The summed E-state index contributed by atoms with van der Waals surface area (Å²) in [5, 5.41) is 22.3. The van der Waals surface area contributed by atoms with Crippen LogP contribution in [0.1, 0.15) is 76.8 Å². The van der Waals surface area contributed by atoms with Crippen LogP contribution >= 0.6 is 11.6 Å². The predicted molar refractivity (Wildman–Crippen MR) is 257 cm³/mol. The number of phenolic OH excluding ortho intramolecular Hbond substituents is 1. The standard InChI is InChI=1S/C48H41ClN6O14S2/c1-6-53(7-2)70(62,63)26-17-19-36(67-3)35(20-26)51-52-41-31-18-16-25(23-54-45(58)27-12-8-9-13-28(27)46(54)59)32(24-55-47(60)29-14-10-11-15-30(29)48(55)61)39(31)43(71(64,65)66)40(42(41)56)44(57)50-34-21-33(49)37(68-4)22-38(34)69-5/h8-22,56H,6-7,23-24H2,1-5H3,(H,50,57)(H,64,65,66). The number of aromatic hydroxyl groups is 1. The minimum absolute atomic E-state index is 0.00637. The van der Waals surface area contributed by atoms with Gasteiger partial charge in [0.1, 0.15) is 39.1 Å². The Balaban J connectivity index is 1.44. The van der Waals surface area contributed by atoms with Crippen LogP contribution in [0.15, 0.2) is 111 Å². The molecular weight excluding hydrogens is 984 g/mol. The molecule has 0 unspecified atom stereocenters. The maximum absolute atomic E-state index is 14.8. The molecule has 20 nitrogen and oxygen atoms in total. The van der Waals surface area contributed by atoms with Gasteiger partial charge < -0.3 is 24.6 Å². The zero-order chi connectivity index (χ0) is 51.3. The summed E-state index contributed by atoms with van der Waals surface area (Å²) in [5.41, 5.74) is -2.48. The van der Waals surface area contributed by atoms with E-state index in [1.807, 2.05) is 0 Å². The van der Waals surface area contributed by atoms with E-state index in [1.165, 1.54) is 98.4 Å². The minimum Gasteiger partial charge on any atom is -0.505 e. The average molecular weight is 1030 g/mol. The molecule has 6 aromatic rings. The maximum Gasteiger partial charge on any atom is 0.296 e. The summed E-state index contributed by atoms with van der Waals surface area (Å²) in [5.74, 6) is -5.70. The van der Waals surface area contributed by atoms with Gasteiger partial charge in [-0.1, -0.05) is 61.8 Å². The number of ether oxygens (including phenoxy) is 3. The van der Waals surface area contributed by atoms with Crippen molar-refractivity contribution in [2.75, 3.05) is 39.7 Å². The highest BCUT2D eigenvalue weighted by Crippen LogP contribution is 2.48. The van der Waals surface area contributed by atoms with E-state index in [4.69, 9.17) is 25.8 Å². The second-order valence-corrected chi connectivity index (χ2v) is 19.5. The van der Waals surface area contributed by atoms with Crippen LogP contribution in [-0.2, 0) is 33.2 Å². The van der Waals surface area contributed by atoms with E-state index in [1.54, 1.807) is 26.0 Å². The molecule has 23 heteroatoms. The van der Waals surface area contributed by atoms with Crippen LogP contribution in [0.3, 0.4) is 0 Å².